The van der Waals surface area contributed by atoms with E-state index in [2.05, 4.69) is 15.5 Å². The first-order chi connectivity index (χ1) is 13.7. The van der Waals surface area contributed by atoms with Gasteiger partial charge in [-0.25, -0.2) is 0 Å². The van der Waals surface area contributed by atoms with Crippen LogP contribution in [0.15, 0.2) is 15.7 Å². The van der Waals surface area contributed by atoms with Crippen LogP contribution in [0.4, 0.5) is 5.00 Å². The van der Waals surface area contributed by atoms with Crippen LogP contribution < -0.4 is 5.32 Å². The highest BCUT2D eigenvalue weighted by molar-refractivity contribution is 7.17. The summed E-state index contributed by atoms with van der Waals surface area (Å²) in [5.41, 5.74) is 3.40. The summed E-state index contributed by atoms with van der Waals surface area (Å²) in [6.07, 6.45) is 10.8. The lowest BCUT2D eigenvalue weighted by atomic mass is 10.1. The Balaban J connectivity index is 1.53. The molecule has 0 spiro atoms. The average Bonchev–Trinajstić information content (AvgIpc) is 3.18. The average molecular weight is 398 g/mol. The summed E-state index contributed by atoms with van der Waals surface area (Å²) >= 11 is 1.63. The van der Waals surface area contributed by atoms with E-state index >= 15 is 0 Å². The first kappa shape index (κ1) is 17.8. The summed E-state index contributed by atoms with van der Waals surface area (Å²) in [6, 6.07) is 0. The van der Waals surface area contributed by atoms with Gasteiger partial charge in [0, 0.05) is 21.9 Å². The van der Waals surface area contributed by atoms with Crippen LogP contribution in [-0.2, 0) is 22.4 Å². The van der Waals surface area contributed by atoms with Gasteiger partial charge in [0.2, 0.25) is 0 Å². The molecular weight excluding hydrogens is 374 g/mol. The van der Waals surface area contributed by atoms with Crippen LogP contribution in [-0.4, -0.2) is 22.3 Å². The number of hydrogen-bond donors (Lipinski definition) is 1. The van der Waals surface area contributed by atoms with Crippen molar-refractivity contribution in [2.75, 3.05) is 5.32 Å². The van der Waals surface area contributed by atoms with Crippen LogP contribution in [0.1, 0.15) is 73.5 Å². The molecule has 2 aromatic heterocycles. The predicted molar refractivity (Wildman–Crippen MR) is 106 cm³/mol. The molecule has 2 heterocycles. The number of hydrogen-bond acceptors (Lipinski definition) is 6. The van der Waals surface area contributed by atoms with Gasteiger partial charge in [-0.15, -0.1) is 11.3 Å². The van der Waals surface area contributed by atoms with Crippen molar-refractivity contribution in [1.29, 1.82) is 0 Å². The lowest BCUT2D eigenvalue weighted by Crippen LogP contribution is -2.14. The van der Waals surface area contributed by atoms with Crippen molar-refractivity contribution in [3.05, 3.63) is 27.4 Å². The highest BCUT2D eigenvalue weighted by Crippen LogP contribution is 2.45. The highest BCUT2D eigenvalue weighted by atomic mass is 32.1. The molecule has 0 aromatic carbocycles. The second kappa shape index (κ2) is 7.28. The number of anilines is 1. The zero-order valence-corrected chi connectivity index (χ0v) is 16.6. The standard InChI is InChI=1S/C21H23N3O3S/c25-11-13-5-4-7-14(13)19(26)23-21-17(15-6-2-1-3-8-16(15)28-21)20-22-18(24-27-20)12-9-10-12/h11-12H,1-10H2,(H,23,26). The molecule has 0 radical (unpaired) electrons. The molecule has 3 aliphatic rings. The fourth-order valence-corrected chi connectivity index (χ4v) is 5.51. The molecule has 6 nitrogen and oxygen atoms in total. The van der Waals surface area contributed by atoms with Crippen molar-refractivity contribution in [2.45, 2.75) is 70.1 Å². The van der Waals surface area contributed by atoms with Crippen molar-refractivity contribution in [2.24, 2.45) is 0 Å². The van der Waals surface area contributed by atoms with Crippen molar-refractivity contribution in [1.82, 2.24) is 10.1 Å². The van der Waals surface area contributed by atoms with Gasteiger partial charge in [0.15, 0.2) is 5.82 Å². The minimum absolute atomic E-state index is 0.167. The number of rotatable bonds is 5. The number of aldehydes is 1. The topological polar surface area (TPSA) is 85.1 Å². The van der Waals surface area contributed by atoms with E-state index in [1.165, 1.54) is 16.9 Å². The number of fused-ring (bicyclic) bond motifs is 1. The molecule has 0 saturated heterocycles. The number of nitrogens with zero attached hydrogens (tertiary/aromatic N) is 2. The van der Waals surface area contributed by atoms with Gasteiger partial charge in [0.25, 0.3) is 11.8 Å². The summed E-state index contributed by atoms with van der Waals surface area (Å²) in [5.74, 6) is 1.56. The number of carbonyl (C=O) groups is 2. The quantitative estimate of drug-likeness (QED) is 0.590. The molecule has 2 aromatic rings. The largest absolute Gasteiger partial charge is 0.334 e. The first-order valence-electron chi connectivity index (χ1n) is 10.2. The molecule has 1 amide bonds. The Hall–Kier alpha value is -2.28. The van der Waals surface area contributed by atoms with Gasteiger partial charge in [0.1, 0.15) is 11.3 Å². The van der Waals surface area contributed by atoms with E-state index in [4.69, 9.17) is 4.52 Å². The van der Waals surface area contributed by atoms with Crippen LogP contribution in [0.3, 0.4) is 0 Å². The molecule has 3 aliphatic carbocycles. The highest BCUT2D eigenvalue weighted by Gasteiger charge is 2.32. The summed E-state index contributed by atoms with van der Waals surface area (Å²) in [6.45, 7) is 0. The Bertz CT molecular complexity index is 968. The number of aromatic nitrogens is 2. The minimum Gasteiger partial charge on any atom is -0.334 e. The molecule has 0 unspecified atom stereocenters. The molecule has 7 heteroatoms. The van der Waals surface area contributed by atoms with Gasteiger partial charge in [-0.05, 0) is 63.4 Å². The minimum atomic E-state index is -0.167. The van der Waals surface area contributed by atoms with Crippen LogP contribution in [0.5, 0.6) is 0 Å². The molecule has 0 atom stereocenters. The van der Waals surface area contributed by atoms with Crippen LogP contribution in [0.25, 0.3) is 11.5 Å². The van der Waals surface area contributed by atoms with E-state index in [1.807, 2.05) is 0 Å². The SMILES string of the molecule is O=CC1=C(C(=O)Nc2sc3c(c2-c2nc(C4CC4)no2)CCCCC3)CCC1. The zero-order chi connectivity index (χ0) is 19.1. The maximum Gasteiger partial charge on any atom is 0.261 e. The lowest BCUT2D eigenvalue weighted by Gasteiger charge is -2.07. The van der Waals surface area contributed by atoms with E-state index in [-0.39, 0.29) is 5.91 Å². The van der Waals surface area contributed by atoms with E-state index < -0.39 is 0 Å². The Morgan fingerprint density at radius 1 is 1.11 bits per heavy atom. The second-order valence-electron chi connectivity index (χ2n) is 7.93. The molecule has 1 saturated carbocycles. The molecule has 1 N–H and O–H groups in total. The molecular formula is C21H23N3O3S. The van der Waals surface area contributed by atoms with Gasteiger partial charge in [-0.1, -0.05) is 11.6 Å². The van der Waals surface area contributed by atoms with Crippen molar-refractivity contribution >= 4 is 28.5 Å². The lowest BCUT2D eigenvalue weighted by molar-refractivity contribution is -0.113. The third-order valence-corrected chi connectivity index (χ3v) is 7.13. The number of aryl methyl sites for hydroxylation is 1. The Morgan fingerprint density at radius 2 is 1.96 bits per heavy atom. The third kappa shape index (κ3) is 3.21. The molecule has 1 fully saturated rings. The fraction of sp³-hybridized carbons (Fsp3) is 0.524. The molecule has 146 valence electrons. The van der Waals surface area contributed by atoms with Gasteiger partial charge in [-0.3, -0.25) is 9.59 Å². The Kier molecular flexibility index (Phi) is 4.62. The van der Waals surface area contributed by atoms with Gasteiger partial charge in [-0.2, -0.15) is 4.98 Å². The van der Waals surface area contributed by atoms with Gasteiger partial charge < -0.3 is 9.84 Å². The maximum atomic E-state index is 12.9. The summed E-state index contributed by atoms with van der Waals surface area (Å²) in [7, 11) is 0. The molecule has 5 rings (SSSR count). The third-order valence-electron chi connectivity index (χ3n) is 5.92. The summed E-state index contributed by atoms with van der Waals surface area (Å²) in [4.78, 5) is 30.1. The number of amides is 1. The van der Waals surface area contributed by atoms with Gasteiger partial charge in [0.05, 0.1) is 5.56 Å². The number of nitrogens with one attached hydrogen (secondary N) is 1. The van der Waals surface area contributed by atoms with E-state index in [0.29, 0.717) is 35.8 Å². The maximum absolute atomic E-state index is 12.9. The van der Waals surface area contributed by atoms with Gasteiger partial charge >= 0.3 is 0 Å². The van der Waals surface area contributed by atoms with Crippen molar-refractivity contribution in [3.8, 4) is 11.5 Å². The van der Waals surface area contributed by atoms with Crippen LogP contribution >= 0.6 is 11.3 Å². The molecule has 28 heavy (non-hydrogen) atoms. The van der Waals surface area contributed by atoms with Crippen LogP contribution in [0.2, 0.25) is 0 Å². The number of thiophene rings is 1. The van der Waals surface area contributed by atoms with Crippen LogP contribution in [0, 0.1) is 0 Å². The van der Waals surface area contributed by atoms with E-state index in [0.717, 1.165) is 67.6 Å². The number of carbonyl (C=O) groups excluding carboxylic acids is 2. The molecule has 0 bridgehead atoms. The first-order valence-corrected chi connectivity index (χ1v) is 11.0. The zero-order valence-electron chi connectivity index (χ0n) is 15.8. The van der Waals surface area contributed by atoms with Crippen molar-refractivity contribution in [3.63, 3.8) is 0 Å². The summed E-state index contributed by atoms with van der Waals surface area (Å²) in [5, 5.41) is 8.05. The monoisotopic (exact) mass is 397 g/mol. The second-order valence-corrected chi connectivity index (χ2v) is 9.04. The van der Waals surface area contributed by atoms with Crippen molar-refractivity contribution < 1.29 is 14.1 Å². The normalized spacial score (nSPS) is 19.4. The summed E-state index contributed by atoms with van der Waals surface area (Å²) < 4.78 is 5.63. The molecule has 0 aliphatic heterocycles. The smallest absolute Gasteiger partial charge is 0.261 e. The Morgan fingerprint density at radius 3 is 2.79 bits per heavy atom. The van der Waals surface area contributed by atoms with E-state index in [1.54, 1.807) is 11.3 Å². The Labute approximate surface area is 167 Å². The fourth-order valence-electron chi connectivity index (χ4n) is 4.24. The van der Waals surface area contributed by atoms with E-state index in [9.17, 15) is 9.59 Å². The number of allylic oxidation sites excluding steroid dienone is 1. The predicted octanol–water partition coefficient (Wildman–Crippen LogP) is 4.56.